The minimum absolute atomic E-state index is 0.0786. The number of rotatable bonds is 4. The first-order valence-electron chi connectivity index (χ1n) is 9.87. The summed E-state index contributed by atoms with van der Waals surface area (Å²) in [5.74, 6) is -1.11. The number of benzene rings is 1. The number of nitriles is 3. The van der Waals surface area contributed by atoms with E-state index in [-0.39, 0.29) is 22.9 Å². The van der Waals surface area contributed by atoms with Crippen LogP contribution in [0.2, 0.25) is 0 Å². The van der Waals surface area contributed by atoms with E-state index in [1.54, 1.807) is 0 Å². The van der Waals surface area contributed by atoms with Gasteiger partial charge in [-0.05, 0) is 11.1 Å². The van der Waals surface area contributed by atoms with Crippen LogP contribution in [0.4, 0.5) is 5.69 Å². The lowest BCUT2D eigenvalue weighted by molar-refractivity contribution is -0.384. The number of allylic oxidation sites excluding steroid dienone is 2. The molecule has 1 unspecified atom stereocenters. The Morgan fingerprint density at radius 1 is 1.25 bits per heavy atom. The van der Waals surface area contributed by atoms with Crippen LogP contribution in [0.5, 0.6) is 0 Å². The van der Waals surface area contributed by atoms with E-state index in [1.807, 2.05) is 36.4 Å². The number of nitrogens with zero attached hydrogens (tertiary/aromatic N) is 5. The maximum atomic E-state index is 11.3. The smallest absolute Gasteiger partial charge is 0.280 e. The number of hydrogen-bond acceptors (Lipinski definition) is 8. The summed E-state index contributed by atoms with van der Waals surface area (Å²) < 4.78 is 0. The van der Waals surface area contributed by atoms with Gasteiger partial charge in [0.1, 0.15) is 6.07 Å². The Morgan fingerprint density at radius 3 is 2.56 bits per heavy atom. The highest BCUT2D eigenvalue weighted by atomic mass is 32.1. The molecule has 1 aromatic carbocycles. The quantitative estimate of drug-likeness (QED) is 0.563. The molecule has 8 nitrogen and oxygen atoms in total. The lowest BCUT2D eigenvalue weighted by Gasteiger charge is -2.45. The molecule has 0 amide bonds. The third-order valence-electron chi connectivity index (χ3n) is 6.11. The van der Waals surface area contributed by atoms with Crippen molar-refractivity contribution in [3.63, 3.8) is 0 Å². The van der Waals surface area contributed by atoms with E-state index in [1.165, 1.54) is 11.4 Å². The van der Waals surface area contributed by atoms with E-state index >= 15 is 0 Å². The van der Waals surface area contributed by atoms with Gasteiger partial charge in [0.2, 0.25) is 0 Å². The van der Waals surface area contributed by atoms with Crippen molar-refractivity contribution in [2.75, 3.05) is 13.1 Å². The molecular weight excluding hydrogens is 424 g/mol. The first-order valence-corrected chi connectivity index (χ1v) is 10.8. The Hall–Kier alpha value is -3.97. The summed E-state index contributed by atoms with van der Waals surface area (Å²) in [6.45, 7) is 1.73. The Bertz CT molecular complexity index is 1240. The lowest BCUT2D eigenvalue weighted by Crippen LogP contribution is -2.47. The van der Waals surface area contributed by atoms with Gasteiger partial charge in [0, 0.05) is 42.4 Å². The molecule has 0 bridgehead atoms. The van der Waals surface area contributed by atoms with Gasteiger partial charge in [0.15, 0.2) is 5.41 Å². The van der Waals surface area contributed by atoms with E-state index in [0.717, 1.165) is 16.9 Å². The minimum atomic E-state index is -1.79. The fourth-order valence-electron chi connectivity index (χ4n) is 4.62. The molecule has 1 aliphatic heterocycles. The third-order valence-corrected chi connectivity index (χ3v) is 7.12. The van der Waals surface area contributed by atoms with E-state index in [2.05, 4.69) is 23.1 Å². The van der Waals surface area contributed by atoms with Gasteiger partial charge in [-0.15, -0.1) is 11.3 Å². The van der Waals surface area contributed by atoms with Crippen LogP contribution >= 0.6 is 11.3 Å². The van der Waals surface area contributed by atoms with Crippen LogP contribution in [0.25, 0.3) is 0 Å². The van der Waals surface area contributed by atoms with E-state index in [9.17, 15) is 25.9 Å². The molecule has 2 N–H and O–H groups in total. The molecule has 2 heterocycles. The van der Waals surface area contributed by atoms with E-state index in [4.69, 9.17) is 5.73 Å². The second-order valence-corrected chi connectivity index (χ2v) is 8.76. The monoisotopic (exact) mass is 442 g/mol. The van der Waals surface area contributed by atoms with Crippen molar-refractivity contribution in [1.29, 1.82) is 15.8 Å². The Kier molecular flexibility index (Phi) is 5.50. The van der Waals surface area contributed by atoms with Gasteiger partial charge in [-0.25, -0.2) is 0 Å². The number of hydrogen-bond donors (Lipinski definition) is 1. The van der Waals surface area contributed by atoms with Crippen LogP contribution in [0.1, 0.15) is 16.4 Å². The summed E-state index contributed by atoms with van der Waals surface area (Å²) >= 11 is 1.14. The third kappa shape index (κ3) is 3.33. The summed E-state index contributed by atoms with van der Waals surface area (Å²) in [7, 11) is 0. The zero-order valence-electron chi connectivity index (χ0n) is 16.9. The van der Waals surface area contributed by atoms with Crippen molar-refractivity contribution >= 4 is 17.0 Å². The van der Waals surface area contributed by atoms with Gasteiger partial charge in [-0.3, -0.25) is 15.0 Å². The maximum absolute atomic E-state index is 11.3. The normalized spacial score (nSPS) is 22.1. The molecule has 158 valence electrons. The predicted molar refractivity (Wildman–Crippen MR) is 117 cm³/mol. The number of fused-ring (bicyclic) bond motifs is 1. The largest absolute Gasteiger partial charge is 0.399 e. The number of thiophene rings is 1. The topological polar surface area (TPSA) is 144 Å². The first-order chi connectivity index (χ1) is 15.4. The van der Waals surface area contributed by atoms with Crippen molar-refractivity contribution in [3.05, 3.63) is 85.3 Å². The molecule has 0 fully saturated rings. The molecule has 1 aromatic heterocycles. The average molecular weight is 443 g/mol. The summed E-state index contributed by atoms with van der Waals surface area (Å²) in [6.07, 6.45) is 1.93. The molecule has 2 aliphatic rings. The summed E-state index contributed by atoms with van der Waals surface area (Å²) in [4.78, 5) is 13.5. The van der Waals surface area contributed by atoms with Gasteiger partial charge in [-0.1, -0.05) is 36.4 Å². The highest BCUT2D eigenvalue weighted by molar-refractivity contribution is 7.10. The average Bonchev–Trinajstić information content (AvgIpc) is 3.29. The first kappa shape index (κ1) is 21.3. The highest BCUT2D eigenvalue weighted by Gasteiger charge is 2.55. The predicted octanol–water partition coefficient (Wildman–Crippen LogP) is 3.58. The molecule has 0 saturated heterocycles. The molecule has 0 spiro atoms. The van der Waals surface area contributed by atoms with Crippen LogP contribution in [-0.4, -0.2) is 22.9 Å². The van der Waals surface area contributed by atoms with Crippen LogP contribution < -0.4 is 5.73 Å². The van der Waals surface area contributed by atoms with Gasteiger partial charge in [-0.2, -0.15) is 15.8 Å². The van der Waals surface area contributed by atoms with Crippen molar-refractivity contribution in [2.24, 2.45) is 17.1 Å². The van der Waals surface area contributed by atoms with Crippen molar-refractivity contribution in [2.45, 2.75) is 12.5 Å². The van der Waals surface area contributed by atoms with Crippen LogP contribution in [0.3, 0.4) is 0 Å². The van der Waals surface area contributed by atoms with Crippen LogP contribution in [-0.2, 0) is 6.54 Å². The van der Waals surface area contributed by atoms with Gasteiger partial charge < -0.3 is 5.73 Å². The zero-order chi connectivity index (χ0) is 22.9. The molecule has 0 saturated carbocycles. The van der Waals surface area contributed by atoms with Crippen LogP contribution in [0.15, 0.2) is 64.7 Å². The molecule has 2 atom stereocenters. The van der Waals surface area contributed by atoms with E-state index in [0.29, 0.717) is 30.1 Å². The second kappa shape index (κ2) is 8.28. The highest BCUT2D eigenvalue weighted by Crippen LogP contribution is 2.55. The Balaban J connectivity index is 1.84. The maximum Gasteiger partial charge on any atom is 0.280 e. The summed E-state index contributed by atoms with van der Waals surface area (Å²) in [5.41, 5.74) is 6.31. The van der Waals surface area contributed by atoms with Gasteiger partial charge >= 0.3 is 0 Å². The standard InChI is InChI=1S/C23H18N6O2S/c24-9-18-17-6-7-28(10-15-4-2-1-3-5-15)11-19(17)21(23(13-25,14-26)22(18)27)20-8-16(12-32-20)29(30)31/h1-6,8,12,19,21H,7,10-11,27H2/t19-,21?/m1/s1. The van der Waals surface area contributed by atoms with Gasteiger partial charge in [0.25, 0.3) is 5.69 Å². The van der Waals surface area contributed by atoms with Crippen LogP contribution in [0, 0.1) is 55.4 Å². The van der Waals surface area contributed by atoms with Crippen molar-refractivity contribution in [1.82, 2.24) is 4.90 Å². The second-order valence-electron chi connectivity index (χ2n) is 7.82. The van der Waals surface area contributed by atoms with Crippen molar-refractivity contribution < 1.29 is 4.92 Å². The molecule has 9 heteroatoms. The molecule has 2 aromatic rings. The Morgan fingerprint density at radius 2 is 1.97 bits per heavy atom. The molecule has 4 rings (SSSR count). The number of nitrogens with two attached hydrogens (primary N) is 1. The SMILES string of the molecule is N#CC1=C(N)C(C#N)(C#N)C(c2cc([N+](=O)[O-])cs2)[C@@H]2CN(Cc3ccccc3)CC=C12. The zero-order valence-corrected chi connectivity index (χ0v) is 17.7. The summed E-state index contributed by atoms with van der Waals surface area (Å²) in [6, 6.07) is 17.5. The molecule has 1 aliphatic carbocycles. The lowest BCUT2D eigenvalue weighted by atomic mass is 9.59. The Labute approximate surface area is 188 Å². The number of nitro groups is 1. The molecule has 0 radical (unpaired) electrons. The van der Waals surface area contributed by atoms with Crippen molar-refractivity contribution in [3.8, 4) is 18.2 Å². The summed E-state index contributed by atoms with van der Waals surface area (Å²) in [5, 5.41) is 42.7. The van der Waals surface area contributed by atoms with Gasteiger partial charge in [0.05, 0.1) is 33.7 Å². The molecular formula is C23H18N6O2S. The van der Waals surface area contributed by atoms with E-state index < -0.39 is 16.3 Å². The molecule has 32 heavy (non-hydrogen) atoms. The fourth-order valence-corrected chi connectivity index (χ4v) is 5.70. The minimum Gasteiger partial charge on any atom is -0.399 e. The fraction of sp³-hybridized carbons (Fsp3) is 0.261.